The summed E-state index contributed by atoms with van der Waals surface area (Å²) in [5, 5.41) is 21.4. The van der Waals surface area contributed by atoms with Crippen LogP contribution in [0.15, 0.2) is 84.0 Å². The van der Waals surface area contributed by atoms with E-state index in [1.54, 1.807) is 27.4 Å². The average molecular weight is 488 g/mol. The maximum Gasteiger partial charge on any atom is 0.196 e. The molecule has 1 unspecified atom stereocenters. The van der Waals surface area contributed by atoms with E-state index in [9.17, 15) is 4.39 Å². The van der Waals surface area contributed by atoms with Crippen LogP contribution in [0.25, 0.3) is 22.8 Å². The molecule has 0 N–H and O–H groups in total. The van der Waals surface area contributed by atoms with Crippen molar-refractivity contribution in [1.82, 2.24) is 35.0 Å². The Morgan fingerprint density at radius 1 is 0.914 bits per heavy atom. The first-order valence-corrected chi connectivity index (χ1v) is 12.0. The highest BCUT2D eigenvalue weighted by molar-refractivity contribution is 7.99. The Hall–Kier alpha value is -4.05. The van der Waals surface area contributed by atoms with Crippen molar-refractivity contribution in [3.63, 3.8) is 0 Å². The molecule has 0 aliphatic heterocycles. The van der Waals surface area contributed by atoms with Gasteiger partial charge < -0.3 is 4.74 Å². The Kier molecular flexibility index (Phi) is 6.53. The normalized spacial score (nSPS) is 12.0. The fourth-order valence-corrected chi connectivity index (χ4v) is 4.61. The molecule has 0 aliphatic rings. The summed E-state index contributed by atoms with van der Waals surface area (Å²) in [7, 11) is 0. The van der Waals surface area contributed by atoms with Crippen LogP contribution in [0.3, 0.4) is 0 Å². The van der Waals surface area contributed by atoms with Gasteiger partial charge in [-0.25, -0.2) is 4.39 Å². The molecule has 3 aromatic carbocycles. The van der Waals surface area contributed by atoms with Crippen molar-refractivity contribution in [1.29, 1.82) is 0 Å². The van der Waals surface area contributed by atoms with E-state index in [-0.39, 0.29) is 11.1 Å². The molecular formula is C25H22FN7OS. The Morgan fingerprint density at radius 3 is 2.40 bits per heavy atom. The van der Waals surface area contributed by atoms with Crippen LogP contribution in [0, 0.1) is 5.82 Å². The van der Waals surface area contributed by atoms with Crippen LogP contribution in [0.1, 0.15) is 24.9 Å². The minimum absolute atomic E-state index is 0.201. The van der Waals surface area contributed by atoms with Crippen LogP contribution in [0.5, 0.6) is 5.75 Å². The molecule has 2 aromatic heterocycles. The molecule has 2 heterocycles. The summed E-state index contributed by atoms with van der Waals surface area (Å²) in [6, 6.07) is 23.7. The standard InChI is InChI=1S/C25H22FN7OS/c1-3-34-20-15-13-18(14-16-20)24-27-29-25(32(24)22-12-8-7-11-21(22)26)35-17(2)23-28-30-31-33(23)19-9-5-4-6-10-19/h4-17H,3H2,1-2H3. The Labute approximate surface area is 205 Å². The summed E-state index contributed by atoms with van der Waals surface area (Å²) in [5.41, 5.74) is 2.00. The molecule has 0 amide bonds. The van der Waals surface area contributed by atoms with E-state index in [2.05, 4.69) is 25.7 Å². The van der Waals surface area contributed by atoms with Crippen molar-refractivity contribution in [2.45, 2.75) is 24.3 Å². The van der Waals surface area contributed by atoms with Crippen LogP contribution in [0.2, 0.25) is 0 Å². The predicted octanol–water partition coefficient (Wildman–Crippen LogP) is 5.30. The second-order valence-electron chi connectivity index (χ2n) is 7.59. The SMILES string of the molecule is CCOc1ccc(-c2nnc(SC(C)c3nnnn3-c3ccccc3)n2-c2ccccc2F)cc1. The number of tetrazole rings is 1. The molecule has 1 atom stereocenters. The van der Waals surface area contributed by atoms with Crippen LogP contribution in [-0.2, 0) is 0 Å². The van der Waals surface area contributed by atoms with Crippen molar-refractivity contribution in [3.8, 4) is 28.5 Å². The Balaban J connectivity index is 1.54. The average Bonchev–Trinajstić information content (AvgIpc) is 3.53. The second-order valence-corrected chi connectivity index (χ2v) is 8.90. The third kappa shape index (κ3) is 4.65. The zero-order chi connectivity index (χ0) is 24.2. The number of rotatable bonds is 8. The number of hydrogen-bond donors (Lipinski definition) is 0. The molecule has 0 saturated carbocycles. The fourth-order valence-electron chi connectivity index (χ4n) is 3.66. The lowest BCUT2D eigenvalue weighted by Crippen LogP contribution is -2.07. The third-order valence-corrected chi connectivity index (χ3v) is 6.33. The highest BCUT2D eigenvalue weighted by Gasteiger charge is 2.24. The van der Waals surface area contributed by atoms with Crippen molar-refractivity contribution in [2.24, 2.45) is 0 Å². The van der Waals surface area contributed by atoms with E-state index in [0.717, 1.165) is 17.0 Å². The molecule has 0 saturated heterocycles. The number of para-hydroxylation sites is 2. The Bertz CT molecular complexity index is 1420. The van der Waals surface area contributed by atoms with Gasteiger partial charge >= 0.3 is 0 Å². The second kappa shape index (κ2) is 10.1. The van der Waals surface area contributed by atoms with E-state index in [0.29, 0.717) is 29.1 Å². The van der Waals surface area contributed by atoms with Crippen LogP contribution in [0.4, 0.5) is 4.39 Å². The Morgan fingerprint density at radius 2 is 1.66 bits per heavy atom. The monoisotopic (exact) mass is 487 g/mol. The quantitative estimate of drug-likeness (QED) is 0.275. The first-order valence-electron chi connectivity index (χ1n) is 11.1. The van der Waals surface area contributed by atoms with Gasteiger partial charge in [-0.3, -0.25) is 4.57 Å². The largest absolute Gasteiger partial charge is 0.494 e. The molecular weight excluding hydrogens is 465 g/mol. The number of nitrogens with zero attached hydrogens (tertiary/aromatic N) is 7. The molecule has 0 aliphatic carbocycles. The molecule has 35 heavy (non-hydrogen) atoms. The number of ether oxygens (including phenoxy) is 1. The predicted molar refractivity (Wildman–Crippen MR) is 131 cm³/mol. The van der Waals surface area contributed by atoms with Gasteiger partial charge in [-0.1, -0.05) is 42.1 Å². The van der Waals surface area contributed by atoms with Crippen LogP contribution in [-0.4, -0.2) is 41.6 Å². The topological polar surface area (TPSA) is 83.5 Å². The molecule has 5 rings (SSSR count). The van der Waals surface area contributed by atoms with Gasteiger partial charge in [0.25, 0.3) is 0 Å². The van der Waals surface area contributed by atoms with Gasteiger partial charge in [-0.05, 0) is 72.8 Å². The summed E-state index contributed by atoms with van der Waals surface area (Å²) in [5.74, 6) is 1.55. The van der Waals surface area contributed by atoms with E-state index < -0.39 is 0 Å². The lowest BCUT2D eigenvalue weighted by atomic mass is 10.2. The molecule has 176 valence electrons. The fraction of sp³-hybridized carbons (Fsp3) is 0.160. The van der Waals surface area contributed by atoms with E-state index >= 15 is 0 Å². The molecule has 0 radical (unpaired) electrons. The van der Waals surface area contributed by atoms with E-state index in [4.69, 9.17) is 4.74 Å². The van der Waals surface area contributed by atoms with Crippen LogP contribution < -0.4 is 4.74 Å². The first-order chi connectivity index (χ1) is 17.2. The summed E-state index contributed by atoms with van der Waals surface area (Å²) in [6.07, 6.45) is 0. The zero-order valence-corrected chi connectivity index (χ0v) is 19.9. The lowest BCUT2D eigenvalue weighted by Gasteiger charge is -2.14. The molecule has 0 bridgehead atoms. The van der Waals surface area contributed by atoms with Gasteiger partial charge in [-0.2, -0.15) is 4.68 Å². The number of benzene rings is 3. The lowest BCUT2D eigenvalue weighted by molar-refractivity contribution is 0.340. The number of aromatic nitrogens is 7. The van der Waals surface area contributed by atoms with Gasteiger partial charge in [0.15, 0.2) is 16.8 Å². The summed E-state index contributed by atoms with van der Waals surface area (Å²) >= 11 is 1.40. The smallest absolute Gasteiger partial charge is 0.196 e. The van der Waals surface area contributed by atoms with E-state index in [1.165, 1.54) is 17.8 Å². The van der Waals surface area contributed by atoms with Crippen molar-refractivity contribution >= 4 is 11.8 Å². The van der Waals surface area contributed by atoms with E-state index in [1.807, 2.05) is 68.4 Å². The molecule has 10 heteroatoms. The van der Waals surface area contributed by atoms with Crippen molar-refractivity contribution in [2.75, 3.05) is 6.61 Å². The van der Waals surface area contributed by atoms with Gasteiger partial charge in [-0.15, -0.1) is 15.3 Å². The first kappa shape index (κ1) is 22.7. The van der Waals surface area contributed by atoms with Crippen molar-refractivity contribution in [3.05, 3.63) is 90.5 Å². The summed E-state index contributed by atoms with van der Waals surface area (Å²) < 4.78 is 23.9. The van der Waals surface area contributed by atoms with Gasteiger partial charge in [0.2, 0.25) is 0 Å². The minimum atomic E-state index is -0.372. The van der Waals surface area contributed by atoms with Crippen LogP contribution >= 0.6 is 11.8 Å². The molecule has 0 spiro atoms. The van der Waals surface area contributed by atoms with Gasteiger partial charge in [0.05, 0.1) is 23.2 Å². The highest BCUT2D eigenvalue weighted by Crippen LogP contribution is 2.37. The zero-order valence-electron chi connectivity index (χ0n) is 19.1. The third-order valence-electron chi connectivity index (χ3n) is 5.29. The number of hydrogen-bond acceptors (Lipinski definition) is 7. The summed E-state index contributed by atoms with van der Waals surface area (Å²) in [4.78, 5) is 0. The minimum Gasteiger partial charge on any atom is -0.494 e. The summed E-state index contributed by atoms with van der Waals surface area (Å²) in [6.45, 7) is 4.49. The molecule has 8 nitrogen and oxygen atoms in total. The number of halogens is 1. The number of thioether (sulfide) groups is 1. The van der Waals surface area contributed by atoms with Crippen molar-refractivity contribution < 1.29 is 9.13 Å². The maximum atomic E-state index is 14.9. The van der Waals surface area contributed by atoms with Gasteiger partial charge in [0.1, 0.15) is 11.6 Å². The maximum absolute atomic E-state index is 14.9. The highest BCUT2D eigenvalue weighted by atomic mass is 32.2. The molecule has 5 aromatic rings. The molecule has 0 fully saturated rings. The van der Waals surface area contributed by atoms with Gasteiger partial charge in [0, 0.05) is 5.56 Å².